The number of anilines is 1. The third-order valence-corrected chi connectivity index (χ3v) is 5.14. The van der Waals surface area contributed by atoms with Crippen molar-refractivity contribution in [3.63, 3.8) is 0 Å². The van der Waals surface area contributed by atoms with Crippen molar-refractivity contribution in [2.45, 2.75) is 12.7 Å². The molecule has 1 saturated heterocycles. The van der Waals surface area contributed by atoms with Gasteiger partial charge in [-0.25, -0.2) is 9.37 Å². The van der Waals surface area contributed by atoms with Crippen LogP contribution in [0.5, 0.6) is 0 Å². The van der Waals surface area contributed by atoms with E-state index in [4.69, 9.17) is 0 Å². The highest BCUT2D eigenvalue weighted by Gasteiger charge is 2.32. The monoisotopic (exact) mass is 460 g/mol. The van der Waals surface area contributed by atoms with Crippen LogP contribution in [-0.4, -0.2) is 47.0 Å². The van der Waals surface area contributed by atoms with Gasteiger partial charge in [0.1, 0.15) is 22.9 Å². The van der Waals surface area contributed by atoms with E-state index >= 15 is 0 Å². The Morgan fingerprint density at radius 3 is 2.52 bits per heavy atom. The smallest absolute Gasteiger partial charge is 0.368 e. The largest absolute Gasteiger partial charge is 0.433 e. The van der Waals surface area contributed by atoms with Crippen molar-refractivity contribution in [1.82, 2.24) is 25.6 Å². The average Bonchev–Trinajstić information content (AvgIpc) is 2.83. The lowest BCUT2D eigenvalue weighted by atomic mass is 10.1. The van der Waals surface area contributed by atoms with Gasteiger partial charge in [-0.2, -0.15) is 13.2 Å². The molecule has 1 amide bonds. The predicted molar refractivity (Wildman–Crippen MR) is 113 cm³/mol. The van der Waals surface area contributed by atoms with Crippen molar-refractivity contribution < 1.29 is 22.4 Å². The molecule has 3 aromatic heterocycles. The molecule has 33 heavy (non-hydrogen) atoms. The number of piperazine rings is 1. The standard InChI is InChI=1S/C22H20F4N6O/c23-17-9-14(11-30-20(17)15-3-4-28-19(10-15)22(24,25)26)12-31-21(33)18-2-1-16(13-29-18)32-7-5-27-6-8-32/h1-4,9-11,13,27H,5-8,12H2,(H,31,33). The average molecular weight is 460 g/mol. The van der Waals surface area contributed by atoms with Gasteiger partial charge in [0.15, 0.2) is 0 Å². The van der Waals surface area contributed by atoms with Gasteiger partial charge in [0.25, 0.3) is 5.91 Å². The number of nitrogens with zero attached hydrogens (tertiary/aromatic N) is 4. The molecule has 0 radical (unpaired) electrons. The van der Waals surface area contributed by atoms with E-state index in [9.17, 15) is 22.4 Å². The van der Waals surface area contributed by atoms with Gasteiger partial charge >= 0.3 is 6.18 Å². The molecule has 4 heterocycles. The maximum atomic E-state index is 14.5. The Kier molecular flexibility index (Phi) is 6.50. The molecule has 1 aliphatic rings. The molecule has 0 aromatic carbocycles. The number of nitrogens with one attached hydrogen (secondary N) is 2. The third-order valence-electron chi connectivity index (χ3n) is 5.14. The first kappa shape index (κ1) is 22.6. The van der Waals surface area contributed by atoms with Crippen molar-refractivity contribution in [3.8, 4) is 11.3 Å². The molecule has 0 saturated carbocycles. The minimum atomic E-state index is -4.64. The summed E-state index contributed by atoms with van der Waals surface area (Å²) in [6.45, 7) is 3.47. The number of alkyl halides is 3. The van der Waals surface area contributed by atoms with Gasteiger partial charge in [-0.3, -0.25) is 14.8 Å². The van der Waals surface area contributed by atoms with E-state index in [0.717, 1.165) is 50.2 Å². The fourth-order valence-corrected chi connectivity index (χ4v) is 3.42. The number of hydrogen-bond donors (Lipinski definition) is 2. The van der Waals surface area contributed by atoms with Crippen LogP contribution >= 0.6 is 0 Å². The zero-order chi connectivity index (χ0) is 23.4. The molecule has 4 rings (SSSR count). The fourth-order valence-electron chi connectivity index (χ4n) is 3.42. The summed E-state index contributed by atoms with van der Waals surface area (Å²) in [7, 11) is 0. The van der Waals surface area contributed by atoms with Crippen LogP contribution in [-0.2, 0) is 12.7 Å². The van der Waals surface area contributed by atoms with Crippen LogP contribution in [0.1, 0.15) is 21.7 Å². The lowest BCUT2D eigenvalue weighted by molar-refractivity contribution is -0.141. The maximum absolute atomic E-state index is 14.5. The van der Waals surface area contributed by atoms with Crippen molar-refractivity contribution in [2.24, 2.45) is 0 Å². The van der Waals surface area contributed by atoms with E-state index in [1.165, 1.54) is 12.3 Å². The first-order valence-electron chi connectivity index (χ1n) is 10.2. The summed E-state index contributed by atoms with van der Waals surface area (Å²) in [4.78, 5) is 26.0. The molecule has 1 aliphatic heterocycles. The number of pyridine rings is 3. The second kappa shape index (κ2) is 9.49. The molecule has 0 aliphatic carbocycles. The molecule has 0 spiro atoms. The summed E-state index contributed by atoms with van der Waals surface area (Å²) in [5, 5.41) is 5.90. The van der Waals surface area contributed by atoms with Gasteiger partial charge in [-0.1, -0.05) is 0 Å². The van der Waals surface area contributed by atoms with Gasteiger partial charge in [-0.15, -0.1) is 0 Å². The topological polar surface area (TPSA) is 83.0 Å². The van der Waals surface area contributed by atoms with E-state index in [1.807, 2.05) is 6.07 Å². The normalized spacial score (nSPS) is 14.2. The van der Waals surface area contributed by atoms with Gasteiger partial charge in [0.2, 0.25) is 0 Å². The van der Waals surface area contributed by atoms with Crippen molar-refractivity contribution in [3.05, 3.63) is 71.7 Å². The molecule has 7 nitrogen and oxygen atoms in total. The summed E-state index contributed by atoms with van der Waals surface area (Å²) in [6, 6.07) is 6.56. The minimum Gasteiger partial charge on any atom is -0.368 e. The highest BCUT2D eigenvalue weighted by atomic mass is 19.4. The van der Waals surface area contributed by atoms with Gasteiger partial charge < -0.3 is 15.5 Å². The number of rotatable bonds is 5. The second-order valence-corrected chi connectivity index (χ2v) is 7.42. The Labute approximate surface area is 186 Å². The van der Waals surface area contributed by atoms with E-state index in [0.29, 0.717) is 5.56 Å². The quantitative estimate of drug-likeness (QED) is 0.570. The van der Waals surface area contributed by atoms with Gasteiger partial charge in [0.05, 0.1) is 11.9 Å². The maximum Gasteiger partial charge on any atom is 0.433 e. The van der Waals surface area contributed by atoms with Crippen molar-refractivity contribution in [2.75, 3.05) is 31.1 Å². The summed E-state index contributed by atoms with van der Waals surface area (Å²) in [5.74, 6) is -1.24. The number of carbonyl (C=O) groups excluding carboxylic acids is 1. The number of aromatic nitrogens is 3. The highest BCUT2D eigenvalue weighted by Crippen LogP contribution is 2.30. The fraction of sp³-hybridized carbons (Fsp3) is 0.273. The molecule has 0 unspecified atom stereocenters. The SMILES string of the molecule is O=C(NCc1cnc(-c2ccnc(C(F)(F)F)c2)c(F)c1)c1ccc(N2CCNCC2)cn1. The lowest BCUT2D eigenvalue weighted by Gasteiger charge is -2.29. The molecule has 3 aromatic rings. The third kappa shape index (κ3) is 5.43. The first-order valence-corrected chi connectivity index (χ1v) is 10.2. The zero-order valence-electron chi connectivity index (χ0n) is 17.4. The van der Waals surface area contributed by atoms with E-state index in [-0.39, 0.29) is 23.5 Å². The Balaban J connectivity index is 1.40. The van der Waals surface area contributed by atoms with E-state index < -0.39 is 23.6 Å². The molecule has 172 valence electrons. The Bertz CT molecular complexity index is 1130. The minimum absolute atomic E-state index is 0.0194. The van der Waals surface area contributed by atoms with Crippen LogP contribution in [0.25, 0.3) is 11.3 Å². The summed E-state index contributed by atoms with van der Waals surface area (Å²) in [6.07, 6.45) is -0.755. The Morgan fingerprint density at radius 1 is 1.06 bits per heavy atom. The molecule has 0 bridgehead atoms. The molecule has 11 heteroatoms. The molecular weight excluding hydrogens is 440 g/mol. The number of halogens is 4. The van der Waals surface area contributed by atoms with Gasteiger partial charge in [-0.05, 0) is 35.9 Å². The Morgan fingerprint density at radius 2 is 1.85 bits per heavy atom. The van der Waals surface area contributed by atoms with Crippen LogP contribution in [0.3, 0.4) is 0 Å². The molecule has 0 atom stereocenters. The first-order chi connectivity index (χ1) is 15.8. The van der Waals surface area contributed by atoms with Crippen LogP contribution in [0.15, 0.2) is 48.9 Å². The molecule has 2 N–H and O–H groups in total. The molecular formula is C22H20F4N6O. The highest BCUT2D eigenvalue weighted by molar-refractivity contribution is 5.92. The van der Waals surface area contributed by atoms with Crippen LogP contribution in [0.4, 0.5) is 23.2 Å². The van der Waals surface area contributed by atoms with E-state index in [2.05, 4.69) is 30.5 Å². The molecule has 1 fully saturated rings. The number of amides is 1. The van der Waals surface area contributed by atoms with Crippen LogP contribution < -0.4 is 15.5 Å². The summed E-state index contributed by atoms with van der Waals surface area (Å²) in [5.41, 5.74) is 0.0950. The predicted octanol–water partition coefficient (Wildman–Crippen LogP) is 3.04. The summed E-state index contributed by atoms with van der Waals surface area (Å²) >= 11 is 0. The second-order valence-electron chi connectivity index (χ2n) is 7.42. The Hall–Kier alpha value is -3.60. The number of carbonyl (C=O) groups is 1. The van der Waals surface area contributed by atoms with Gasteiger partial charge in [0, 0.05) is 50.7 Å². The summed E-state index contributed by atoms with van der Waals surface area (Å²) < 4.78 is 53.1. The van der Waals surface area contributed by atoms with Crippen molar-refractivity contribution >= 4 is 11.6 Å². The van der Waals surface area contributed by atoms with Crippen molar-refractivity contribution in [1.29, 1.82) is 0 Å². The van der Waals surface area contributed by atoms with E-state index in [1.54, 1.807) is 12.3 Å². The lowest BCUT2D eigenvalue weighted by Crippen LogP contribution is -2.43. The number of hydrogen-bond acceptors (Lipinski definition) is 6. The van der Waals surface area contributed by atoms with Crippen LogP contribution in [0.2, 0.25) is 0 Å². The zero-order valence-corrected chi connectivity index (χ0v) is 17.4. The van der Waals surface area contributed by atoms with Crippen LogP contribution in [0, 0.1) is 5.82 Å².